The van der Waals surface area contributed by atoms with Gasteiger partial charge < -0.3 is 9.64 Å². The standard InChI is InChI=1S/C13H14N2O4/c1-14(2)5-3-12(16)11-8-10(15(17)18)7-9-4-6-19-13(9)11/h3,5,7-8H,4,6H2,1-2H3/i1D2,2D3,3D,4D2,5D,6D2,7D,8D. The zero-order chi connectivity index (χ0) is 25.1. The SMILES string of the molecule is [2H]C(C(=O)c1c([2H])c([N+](=O)[O-])c([2H])c2c1OC([2H])([2H])C2([2H])[2H])=C([2H])N(C([2H])[2H])C([2H])([2H])[2H]. The first kappa shape index (κ1) is 4.33. The lowest BCUT2D eigenvalue weighted by Crippen LogP contribution is -2.05. The van der Waals surface area contributed by atoms with Gasteiger partial charge in [-0.2, -0.15) is 0 Å². The normalized spacial score (nSPS) is 30.3. The van der Waals surface area contributed by atoms with Crippen molar-refractivity contribution in [2.45, 2.75) is 6.37 Å². The molecule has 6 nitrogen and oxygen atoms in total. The van der Waals surface area contributed by atoms with Gasteiger partial charge in [-0.1, -0.05) is 0 Å². The molecule has 0 fully saturated rings. The van der Waals surface area contributed by atoms with E-state index in [9.17, 15) is 14.9 Å². The van der Waals surface area contributed by atoms with Crippen LogP contribution in [0.15, 0.2) is 24.3 Å². The highest BCUT2D eigenvalue weighted by molar-refractivity contribution is 6.07. The molecule has 0 bridgehead atoms. The number of nitro benzene ring substituents is 1. The minimum atomic E-state index is -3.31. The van der Waals surface area contributed by atoms with Gasteiger partial charge in [0, 0.05) is 59.8 Å². The maximum atomic E-state index is 12.9. The van der Waals surface area contributed by atoms with E-state index in [2.05, 4.69) is 0 Å². The van der Waals surface area contributed by atoms with E-state index < -0.39 is 84.5 Å². The molecule has 0 atom stereocenters. The monoisotopic (exact) mass is 275 g/mol. The first-order valence-electron chi connectivity index (χ1n) is 11.3. The van der Waals surface area contributed by atoms with E-state index in [1.807, 2.05) is 0 Å². The maximum Gasteiger partial charge on any atom is 0.270 e. The average molecular weight is 275 g/mol. The highest BCUT2D eigenvalue weighted by atomic mass is 16.6. The van der Waals surface area contributed by atoms with Gasteiger partial charge >= 0.3 is 0 Å². The third-order valence-electron chi connectivity index (χ3n) is 1.97. The second kappa shape index (κ2) is 5.09. The van der Waals surface area contributed by atoms with Crippen molar-refractivity contribution in [1.29, 1.82) is 0 Å². The van der Waals surface area contributed by atoms with Crippen LogP contribution in [0.3, 0.4) is 0 Å². The van der Waals surface area contributed by atoms with Crippen LogP contribution in [0.5, 0.6) is 5.75 Å². The van der Waals surface area contributed by atoms with Gasteiger partial charge in [0.1, 0.15) is 5.75 Å². The van der Waals surface area contributed by atoms with Gasteiger partial charge in [-0.25, -0.2) is 0 Å². The molecule has 1 aliphatic heterocycles. The Morgan fingerprint density at radius 3 is 3.32 bits per heavy atom. The number of ketones is 1. The lowest BCUT2D eigenvalue weighted by atomic mass is 10.0. The fourth-order valence-corrected chi connectivity index (χ4v) is 1.25. The van der Waals surface area contributed by atoms with Crippen LogP contribution in [0.4, 0.5) is 5.69 Å². The van der Waals surface area contributed by atoms with Crippen molar-refractivity contribution in [2.75, 3.05) is 20.5 Å². The van der Waals surface area contributed by atoms with E-state index in [1.165, 1.54) is 0 Å². The van der Waals surface area contributed by atoms with Crippen molar-refractivity contribution in [2.24, 2.45) is 0 Å². The number of nitro groups is 1. The molecule has 1 aromatic rings. The molecule has 1 heterocycles. The van der Waals surface area contributed by atoms with Crippen molar-refractivity contribution in [1.82, 2.24) is 4.90 Å². The third-order valence-corrected chi connectivity index (χ3v) is 1.97. The Labute approximate surface area is 128 Å². The summed E-state index contributed by atoms with van der Waals surface area (Å²) in [7, 11) is 0. The van der Waals surface area contributed by atoms with Gasteiger partial charge in [-0.15, -0.1) is 0 Å². The minimum Gasteiger partial charge on any atom is -0.492 e. The van der Waals surface area contributed by atoms with Gasteiger partial charge in [-0.3, -0.25) is 14.9 Å². The van der Waals surface area contributed by atoms with E-state index in [4.69, 9.17) is 22.6 Å². The number of benzene rings is 1. The topological polar surface area (TPSA) is 72.7 Å². The molecule has 0 aliphatic carbocycles. The molecule has 0 unspecified atom stereocenters. The van der Waals surface area contributed by atoms with Gasteiger partial charge in [0.15, 0.2) is 5.78 Å². The van der Waals surface area contributed by atoms with Crippen LogP contribution < -0.4 is 4.74 Å². The molecule has 19 heavy (non-hydrogen) atoms. The summed E-state index contributed by atoms with van der Waals surface area (Å²) < 4.78 is 104. The second-order valence-electron chi connectivity index (χ2n) is 3.20. The fraction of sp³-hybridized carbons (Fsp3) is 0.308. The van der Waals surface area contributed by atoms with Crippen molar-refractivity contribution in [3.63, 3.8) is 0 Å². The van der Waals surface area contributed by atoms with Gasteiger partial charge in [0.25, 0.3) is 5.69 Å². The molecule has 0 amide bonds. The third kappa shape index (κ3) is 2.73. The van der Waals surface area contributed by atoms with Crippen LogP contribution in [-0.2, 0) is 6.37 Å². The quantitative estimate of drug-likeness (QED) is 0.362. The number of hydrogen-bond donors (Lipinski definition) is 0. The lowest BCUT2D eigenvalue weighted by Gasteiger charge is -2.06. The molecule has 100 valence electrons. The van der Waals surface area contributed by atoms with Crippen LogP contribution in [0.1, 0.15) is 33.7 Å². The van der Waals surface area contributed by atoms with E-state index in [-0.39, 0.29) is 4.90 Å². The molecule has 0 saturated carbocycles. The van der Waals surface area contributed by atoms with E-state index in [0.717, 1.165) is 0 Å². The second-order valence-corrected chi connectivity index (χ2v) is 3.20. The van der Waals surface area contributed by atoms with Crippen LogP contribution in [-0.4, -0.2) is 36.1 Å². The summed E-state index contributed by atoms with van der Waals surface area (Å²) in [4.78, 5) is 22.8. The highest BCUT2D eigenvalue weighted by Gasteiger charge is 2.24. The molecule has 0 N–H and O–H groups in total. The molecule has 1 aliphatic rings. The lowest BCUT2D eigenvalue weighted by molar-refractivity contribution is -0.384. The average Bonchev–Trinajstić information content (AvgIpc) is 2.76. The van der Waals surface area contributed by atoms with Crippen molar-refractivity contribution in [3.8, 4) is 5.75 Å². The number of allylic oxidation sites excluding steroid dienone is 1. The molecule has 0 aromatic heterocycles. The molecule has 0 saturated heterocycles. The smallest absolute Gasteiger partial charge is 0.270 e. The summed E-state index contributed by atoms with van der Waals surface area (Å²) in [5.41, 5.74) is -3.71. The summed E-state index contributed by atoms with van der Waals surface area (Å²) in [6, 6.07) is -4.12. The van der Waals surface area contributed by atoms with Gasteiger partial charge in [0.2, 0.25) is 0 Å². The number of nitrogens with zero attached hydrogens (tertiary/aromatic N) is 2. The summed E-state index contributed by atoms with van der Waals surface area (Å²) in [5, 5.41) is 11.4. The molecular weight excluding hydrogens is 248 g/mol. The highest BCUT2D eigenvalue weighted by Crippen LogP contribution is 2.34. The first-order valence-corrected chi connectivity index (χ1v) is 4.66. The number of carbonyl (C=O) groups excluding carboxylic acids is 1. The molecular formula is C13H14N2O4. The number of rotatable bonds is 4. The number of ether oxygens (including phenoxy) is 1. The molecule has 1 aromatic carbocycles. The Hall–Kier alpha value is -2.37. The summed E-state index contributed by atoms with van der Waals surface area (Å²) in [6.07, 6.45) is -4.67. The maximum absolute atomic E-state index is 12.9. The predicted octanol–water partition coefficient (Wildman–Crippen LogP) is 1.79. The predicted molar refractivity (Wildman–Crippen MR) is 69.5 cm³/mol. The Balaban J connectivity index is 2.91. The molecule has 0 spiro atoms. The van der Waals surface area contributed by atoms with Gasteiger partial charge in [-0.05, 0) is 0 Å². The Bertz CT molecular complexity index is 1030. The Kier molecular flexibility index (Phi) is 1.16. The summed E-state index contributed by atoms with van der Waals surface area (Å²) in [6.45, 7) is -8.93. The number of fused-ring (bicyclic) bond motifs is 1. The van der Waals surface area contributed by atoms with Crippen LogP contribution in [0, 0.1) is 10.1 Å². The summed E-state index contributed by atoms with van der Waals surface area (Å²) in [5.74, 6) is -2.83. The van der Waals surface area contributed by atoms with Crippen molar-refractivity contribution >= 4 is 11.5 Å². The van der Waals surface area contributed by atoms with Crippen LogP contribution >= 0.6 is 0 Å². The van der Waals surface area contributed by atoms with Gasteiger partial charge in [0.05, 0.1) is 25.3 Å². The van der Waals surface area contributed by atoms with E-state index in [1.54, 1.807) is 0 Å². The van der Waals surface area contributed by atoms with Crippen LogP contribution in [0.25, 0.3) is 0 Å². The van der Waals surface area contributed by atoms with E-state index >= 15 is 0 Å². The Morgan fingerprint density at radius 2 is 2.63 bits per heavy atom. The Morgan fingerprint density at radius 1 is 1.79 bits per heavy atom. The largest absolute Gasteiger partial charge is 0.492 e. The summed E-state index contributed by atoms with van der Waals surface area (Å²) >= 11 is 0. The van der Waals surface area contributed by atoms with E-state index in [0.29, 0.717) is 0 Å². The van der Waals surface area contributed by atoms with Crippen LogP contribution in [0.2, 0.25) is 0 Å². The van der Waals surface area contributed by atoms with Crippen molar-refractivity contribution < 1.29 is 32.3 Å². The zero-order valence-corrected chi connectivity index (χ0v) is 9.10. The molecule has 2 rings (SSSR count). The first-order chi connectivity index (χ1) is 14.3. The minimum absolute atomic E-state index is 0.219. The molecule has 0 radical (unpaired) electrons. The zero-order valence-electron chi connectivity index (χ0n) is 22.1. The van der Waals surface area contributed by atoms with Crippen molar-refractivity contribution in [3.05, 3.63) is 45.6 Å². The fourth-order valence-electron chi connectivity index (χ4n) is 1.25. The number of hydrogen-bond acceptors (Lipinski definition) is 5. The number of carbonyl (C=O) groups is 1. The molecule has 6 heteroatoms.